The Bertz CT molecular complexity index is 565. The van der Waals surface area contributed by atoms with Crippen LogP contribution in [-0.2, 0) is 9.59 Å². The Morgan fingerprint density at radius 2 is 1.83 bits per heavy atom. The molecule has 6 nitrogen and oxygen atoms in total. The van der Waals surface area contributed by atoms with Gasteiger partial charge in [-0.2, -0.15) is 0 Å². The molecule has 1 aliphatic heterocycles. The molecule has 132 valence electrons. The molecule has 0 spiro atoms. The van der Waals surface area contributed by atoms with Crippen LogP contribution in [0.15, 0.2) is 24.3 Å². The van der Waals surface area contributed by atoms with Gasteiger partial charge in [0, 0.05) is 31.4 Å². The summed E-state index contributed by atoms with van der Waals surface area (Å²) in [5, 5.41) is 9.02. The molecule has 1 heterocycles. The Balaban J connectivity index is 1.85. The maximum absolute atomic E-state index is 12.3. The topological polar surface area (TPSA) is 73.5 Å². The van der Waals surface area contributed by atoms with Crippen molar-refractivity contribution in [2.75, 3.05) is 43.4 Å². The lowest BCUT2D eigenvalue weighted by atomic mass is 9.89. The van der Waals surface area contributed by atoms with E-state index in [1.165, 1.54) is 6.92 Å². The molecular weight excluding hydrogens is 304 g/mol. The summed E-state index contributed by atoms with van der Waals surface area (Å²) in [6.45, 7) is 10.1. The number of rotatable bonds is 7. The molecule has 0 aliphatic carbocycles. The number of carbonyl (C=O) groups excluding carboxylic acids is 2. The van der Waals surface area contributed by atoms with Gasteiger partial charge < -0.3 is 16.0 Å². The fourth-order valence-corrected chi connectivity index (χ4v) is 3.07. The first-order valence-electron chi connectivity index (χ1n) is 8.51. The minimum atomic E-state index is -0.111. The van der Waals surface area contributed by atoms with Crippen molar-refractivity contribution in [3.8, 4) is 0 Å². The fourth-order valence-electron chi connectivity index (χ4n) is 3.07. The molecule has 2 amide bonds. The van der Waals surface area contributed by atoms with Crippen molar-refractivity contribution in [3.05, 3.63) is 24.3 Å². The van der Waals surface area contributed by atoms with Gasteiger partial charge in [0.25, 0.3) is 0 Å². The van der Waals surface area contributed by atoms with Crippen molar-refractivity contribution in [2.24, 2.45) is 5.41 Å². The number of nitrogens with one attached hydrogen (secondary N) is 3. The van der Waals surface area contributed by atoms with Crippen molar-refractivity contribution in [3.63, 3.8) is 0 Å². The van der Waals surface area contributed by atoms with E-state index in [4.69, 9.17) is 0 Å². The molecule has 1 aliphatic rings. The molecule has 0 saturated carbocycles. The van der Waals surface area contributed by atoms with Crippen molar-refractivity contribution in [2.45, 2.75) is 27.2 Å². The lowest BCUT2D eigenvalue weighted by Gasteiger charge is -2.30. The number of hydrogen-bond donors (Lipinski definition) is 3. The highest BCUT2D eigenvalue weighted by Gasteiger charge is 2.30. The van der Waals surface area contributed by atoms with E-state index in [1.54, 1.807) is 24.3 Å². The molecule has 1 unspecified atom stereocenters. The van der Waals surface area contributed by atoms with Crippen LogP contribution in [0.5, 0.6) is 0 Å². The number of anilines is 2. The van der Waals surface area contributed by atoms with Crippen molar-refractivity contribution in [1.29, 1.82) is 0 Å². The number of likely N-dealkylation sites (N-methyl/N-ethyl adjacent to an activating group) is 1. The van der Waals surface area contributed by atoms with Crippen LogP contribution in [0.2, 0.25) is 0 Å². The smallest absolute Gasteiger partial charge is 0.238 e. The predicted molar refractivity (Wildman–Crippen MR) is 97.1 cm³/mol. The van der Waals surface area contributed by atoms with Crippen LogP contribution in [0.3, 0.4) is 0 Å². The Hall–Kier alpha value is -1.92. The molecule has 24 heavy (non-hydrogen) atoms. The first-order chi connectivity index (χ1) is 11.4. The van der Waals surface area contributed by atoms with E-state index in [9.17, 15) is 9.59 Å². The SMILES string of the molecule is CCN(CC(=O)Nc1ccc(NC(C)=O)cc1)CC1(C)CCNC1. The van der Waals surface area contributed by atoms with Crippen LogP contribution in [0, 0.1) is 5.41 Å². The first kappa shape index (κ1) is 18.4. The van der Waals surface area contributed by atoms with E-state index < -0.39 is 0 Å². The van der Waals surface area contributed by atoms with E-state index in [-0.39, 0.29) is 17.2 Å². The van der Waals surface area contributed by atoms with Gasteiger partial charge in [-0.3, -0.25) is 14.5 Å². The van der Waals surface area contributed by atoms with Gasteiger partial charge in [0.2, 0.25) is 11.8 Å². The van der Waals surface area contributed by atoms with Crippen LogP contribution >= 0.6 is 0 Å². The van der Waals surface area contributed by atoms with Crippen LogP contribution in [0.4, 0.5) is 11.4 Å². The third-order valence-corrected chi connectivity index (χ3v) is 4.37. The maximum Gasteiger partial charge on any atom is 0.238 e. The van der Waals surface area contributed by atoms with E-state index in [0.717, 1.165) is 44.0 Å². The molecule has 0 radical (unpaired) electrons. The summed E-state index contributed by atoms with van der Waals surface area (Å²) in [5.41, 5.74) is 1.70. The monoisotopic (exact) mass is 332 g/mol. The van der Waals surface area contributed by atoms with Crippen molar-refractivity contribution >= 4 is 23.2 Å². The van der Waals surface area contributed by atoms with Crippen LogP contribution in [0.25, 0.3) is 0 Å². The molecule has 1 fully saturated rings. The summed E-state index contributed by atoms with van der Waals surface area (Å²) in [5.74, 6) is -0.126. The molecular formula is C18H28N4O2. The molecule has 0 aromatic heterocycles. The Kier molecular flexibility index (Phi) is 6.34. The second kappa shape index (κ2) is 8.26. The zero-order chi connectivity index (χ0) is 17.6. The van der Waals surface area contributed by atoms with Crippen molar-refractivity contribution in [1.82, 2.24) is 10.2 Å². The maximum atomic E-state index is 12.3. The van der Waals surface area contributed by atoms with E-state index in [0.29, 0.717) is 6.54 Å². The fraction of sp³-hybridized carbons (Fsp3) is 0.556. The zero-order valence-corrected chi connectivity index (χ0v) is 14.8. The van der Waals surface area contributed by atoms with Gasteiger partial charge in [-0.05, 0) is 49.2 Å². The standard InChI is InChI=1S/C18H28N4O2/c1-4-22(13-18(3)9-10-19-12-18)11-17(24)21-16-7-5-15(6-8-16)20-14(2)23/h5-8,19H,4,9-13H2,1-3H3,(H,20,23)(H,21,24). The number of nitrogens with zero attached hydrogens (tertiary/aromatic N) is 1. The third-order valence-electron chi connectivity index (χ3n) is 4.37. The van der Waals surface area contributed by atoms with Gasteiger partial charge in [0.1, 0.15) is 0 Å². The van der Waals surface area contributed by atoms with Gasteiger partial charge in [-0.15, -0.1) is 0 Å². The van der Waals surface area contributed by atoms with E-state index in [2.05, 4.69) is 34.7 Å². The summed E-state index contributed by atoms with van der Waals surface area (Å²) in [4.78, 5) is 25.5. The largest absolute Gasteiger partial charge is 0.326 e. The zero-order valence-electron chi connectivity index (χ0n) is 14.8. The quantitative estimate of drug-likeness (QED) is 0.713. The Labute approximate surface area is 144 Å². The second-order valence-electron chi connectivity index (χ2n) is 6.85. The number of hydrogen-bond acceptors (Lipinski definition) is 4. The average Bonchev–Trinajstić information content (AvgIpc) is 2.94. The summed E-state index contributed by atoms with van der Waals surface area (Å²) in [6, 6.07) is 7.14. The molecule has 1 aromatic carbocycles. The minimum Gasteiger partial charge on any atom is -0.326 e. The minimum absolute atomic E-state index is 0.0151. The molecule has 3 N–H and O–H groups in total. The predicted octanol–water partition coefficient (Wildman–Crippen LogP) is 1.90. The summed E-state index contributed by atoms with van der Waals surface area (Å²) >= 11 is 0. The van der Waals surface area contributed by atoms with E-state index >= 15 is 0 Å². The highest BCUT2D eigenvalue weighted by molar-refractivity contribution is 5.93. The molecule has 2 rings (SSSR count). The molecule has 6 heteroatoms. The first-order valence-corrected chi connectivity index (χ1v) is 8.51. The lowest BCUT2D eigenvalue weighted by Crippen LogP contribution is -2.41. The Morgan fingerprint density at radius 1 is 1.21 bits per heavy atom. The van der Waals surface area contributed by atoms with Crippen LogP contribution in [-0.4, -0.2) is 49.4 Å². The average molecular weight is 332 g/mol. The summed E-state index contributed by atoms with van der Waals surface area (Å²) < 4.78 is 0. The highest BCUT2D eigenvalue weighted by atomic mass is 16.2. The van der Waals surface area contributed by atoms with Gasteiger partial charge in [-0.1, -0.05) is 13.8 Å². The lowest BCUT2D eigenvalue weighted by molar-refractivity contribution is -0.117. The van der Waals surface area contributed by atoms with Gasteiger partial charge in [0.15, 0.2) is 0 Å². The number of amides is 2. The van der Waals surface area contributed by atoms with E-state index in [1.807, 2.05) is 0 Å². The third kappa shape index (κ3) is 5.62. The summed E-state index contributed by atoms with van der Waals surface area (Å²) in [6.07, 6.45) is 1.15. The highest BCUT2D eigenvalue weighted by Crippen LogP contribution is 2.25. The molecule has 0 bridgehead atoms. The van der Waals surface area contributed by atoms with Gasteiger partial charge >= 0.3 is 0 Å². The molecule has 1 aromatic rings. The van der Waals surface area contributed by atoms with Gasteiger partial charge in [0.05, 0.1) is 6.54 Å². The molecule has 1 saturated heterocycles. The molecule has 1 atom stereocenters. The normalized spacial score (nSPS) is 20.2. The van der Waals surface area contributed by atoms with Crippen LogP contribution in [0.1, 0.15) is 27.2 Å². The Morgan fingerprint density at radius 3 is 2.33 bits per heavy atom. The van der Waals surface area contributed by atoms with Crippen LogP contribution < -0.4 is 16.0 Å². The second-order valence-corrected chi connectivity index (χ2v) is 6.85. The summed E-state index contributed by atoms with van der Waals surface area (Å²) in [7, 11) is 0. The number of benzene rings is 1. The number of carbonyl (C=O) groups is 2. The van der Waals surface area contributed by atoms with Crippen molar-refractivity contribution < 1.29 is 9.59 Å². The van der Waals surface area contributed by atoms with Gasteiger partial charge in [-0.25, -0.2) is 0 Å².